The van der Waals surface area contributed by atoms with Crippen LogP contribution in [0, 0.1) is 0 Å². The molecule has 0 saturated heterocycles. The lowest BCUT2D eigenvalue weighted by Gasteiger charge is -2.10. The largest absolute Gasteiger partial charge is 0.504 e. The molecule has 0 aliphatic heterocycles. The van der Waals surface area contributed by atoms with Crippen molar-refractivity contribution >= 4 is 24.9 Å². The van der Waals surface area contributed by atoms with Crippen LogP contribution in [0.5, 0.6) is 34.5 Å². The zero-order valence-corrected chi connectivity index (χ0v) is 26.2. The Hall–Kier alpha value is -5.74. The second-order valence-electron chi connectivity index (χ2n) is 9.92. The summed E-state index contributed by atoms with van der Waals surface area (Å²) in [7, 11) is 0. The maximum Gasteiger partial charge on any atom is 0.167 e. The lowest BCUT2D eigenvalue weighted by atomic mass is 10.1. The number of benzene rings is 3. The lowest BCUT2D eigenvalue weighted by Crippen LogP contribution is -2.12. The highest BCUT2D eigenvalue weighted by molar-refractivity contribution is 5.91. The quantitative estimate of drug-likeness (QED) is 0.0442. The first-order valence-corrected chi connectivity index (χ1v) is 14.6. The molecule has 0 heterocycles. The summed E-state index contributed by atoms with van der Waals surface area (Å²) in [5.74, 6) is -0.785. The lowest BCUT2D eigenvalue weighted by molar-refractivity contribution is 0.0552. The Morgan fingerprint density at radius 1 is 0.500 bits per heavy atom. The van der Waals surface area contributed by atoms with Crippen molar-refractivity contribution in [2.75, 3.05) is 39.6 Å². The van der Waals surface area contributed by atoms with Gasteiger partial charge in [0.25, 0.3) is 0 Å². The molecule has 258 valence electrons. The van der Waals surface area contributed by atoms with E-state index >= 15 is 0 Å². The summed E-state index contributed by atoms with van der Waals surface area (Å²) in [5.41, 5.74) is 1.06. The van der Waals surface area contributed by atoms with E-state index in [9.17, 15) is 30.6 Å². The summed E-state index contributed by atoms with van der Waals surface area (Å²) in [6.07, 6.45) is 3.60. The molecule has 48 heavy (non-hydrogen) atoms. The van der Waals surface area contributed by atoms with E-state index < -0.39 is 23.7 Å². The molecule has 6 N–H and O–H groups in total. The molecule has 0 saturated carbocycles. The fourth-order valence-electron chi connectivity index (χ4n) is 3.50. The Labute approximate surface area is 275 Å². The van der Waals surface area contributed by atoms with E-state index in [0.717, 1.165) is 0 Å². The smallest absolute Gasteiger partial charge is 0.167 e. The van der Waals surface area contributed by atoms with Gasteiger partial charge in [0.05, 0.1) is 37.1 Å². The Bertz CT molecular complexity index is 1450. The van der Waals surface area contributed by atoms with Gasteiger partial charge in [-0.1, -0.05) is 32.8 Å². The first kappa shape index (κ1) is 36.7. The van der Waals surface area contributed by atoms with Crippen LogP contribution < -0.4 is 9.47 Å². The van der Waals surface area contributed by atoms with Crippen LogP contribution in [0.1, 0.15) is 36.1 Å². The van der Waals surface area contributed by atoms with Gasteiger partial charge >= 0.3 is 0 Å². The zero-order valence-electron chi connectivity index (χ0n) is 26.2. The van der Waals surface area contributed by atoms with Crippen LogP contribution in [-0.2, 0) is 19.4 Å². The van der Waals surface area contributed by atoms with Gasteiger partial charge < -0.3 is 59.5 Å². The second-order valence-corrected chi connectivity index (χ2v) is 9.92. The van der Waals surface area contributed by atoms with E-state index in [0.29, 0.717) is 11.1 Å². The predicted octanol–water partition coefficient (Wildman–Crippen LogP) is 2.83. The summed E-state index contributed by atoms with van der Waals surface area (Å²) >= 11 is 0. The molecule has 0 radical (unpaired) electrons. The van der Waals surface area contributed by atoms with Gasteiger partial charge in [-0.25, -0.2) is 0 Å². The van der Waals surface area contributed by atoms with Crippen LogP contribution in [0.25, 0.3) is 0 Å². The fourth-order valence-corrected chi connectivity index (χ4v) is 3.50. The first-order chi connectivity index (χ1) is 23.2. The molecule has 16 nitrogen and oxygen atoms in total. The Kier molecular flexibility index (Phi) is 15.1. The van der Waals surface area contributed by atoms with Crippen molar-refractivity contribution in [2.45, 2.75) is 26.1 Å². The maximum atomic E-state index is 10.3. The predicted molar refractivity (Wildman–Crippen MR) is 175 cm³/mol. The molecule has 3 aromatic rings. The molecule has 3 rings (SSSR count). The van der Waals surface area contributed by atoms with E-state index in [2.05, 4.69) is 20.6 Å². The molecule has 0 fully saturated rings. The number of oxime groups is 4. The third-order valence-corrected chi connectivity index (χ3v) is 5.83. The van der Waals surface area contributed by atoms with E-state index in [1.165, 1.54) is 37.0 Å². The van der Waals surface area contributed by atoms with Crippen molar-refractivity contribution < 1.29 is 59.5 Å². The number of rotatable bonds is 20. The number of aliphatic hydroxyl groups excluding tert-OH is 2. The van der Waals surface area contributed by atoms with Gasteiger partial charge in [-0.15, -0.1) is 0 Å². The number of phenols is 4. The summed E-state index contributed by atoms with van der Waals surface area (Å²) in [6.45, 7) is 3.25. The summed E-state index contributed by atoms with van der Waals surface area (Å²) in [4.78, 5) is 20.3. The molecule has 0 unspecified atom stereocenters. The van der Waals surface area contributed by atoms with Crippen molar-refractivity contribution in [3.63, 3.8) is 0 Å². The highest BCUT2D eigenvalue weighted by atomic mass is 16.7. The third-order valence-electron chi connectivity index (χ3n) is 5.83. The first-order valence-electron chi connectivity index (χ1n) is 14.6. The van der Waals surface area contributed by atoms with Gasteiger partial charge in [0.15, 0.2) is 60.9 Å². The maximum absolute atomic E-state index is 10.3. The normalized spacial score (nSPS) is 12.9. The standard InChI is InChI=1S/C32H38N4O12/c1-21(37)19-43-27-7-3-5-23(29(27)39)15-33-45-11-13-47-35-17-25-9-10-26(32(42)31(25)41)18-36-48-14-12-46-34-16-24-6-4-8-28(30(24)40)44-20-22(2)38/h3-10,15-18,21-22,37-42H,11-14,19-20H2,1-2H3/b33-15+,34-16+,35-17+,36-18+/t21-,22-/m0/s1. The van der Waals surface area contributed by atoms with Gasteiger partial charge in [-0.2, -0.15) is 0 Å². The molecule has 0 aliphatic carbocycles. The van der Waals surface area contributed by atoms with Crippen molar-refractivity contribution in [3.05, 3.63) is 70.8 Å². The van der Waals surface area contributed by atoms with E-state index in [1.54, 1.807) is 50.2 Å². The molecule has 0 bridgehead atoms. The van der Waals surface area contributed by atoms with Crippen molar-refractivity contribution in [3.8, 4) is 34.5 Å². The molecular weight excluding hydrogens is 632 g/mol. The Morgan fingerprint density at radius 3 is 1.12 bits per heavy atom. The van der Waals surface area contributed by atoms with Crippen LogP contribution in [0.2, 0.25) is 0 Å². The fraction of sp³-hybridized carbons (Fsp3) is 0.312. The summed E-state index contributed by atoms with van der Waals surface area (Å²) in [6, 6.07) is 12.6. The van der Waals surface area contributed by atoms with Gasteiger partial charge in [-0.3, -0.25) is 0 Å². The number of para-hydroxylation sites is 2. The SMILES string of the molecule is C[C@H](O)COc1cccc(/C=N/OCCO/N=C/c2ccc(/C=N/OCCO/N=C/c3cccc(OC[C@H](C)O)c3O)c(O)c2O)c1O. The number of nitrogens with zero attached hydrogens (tertiary/aromatic N) is 4. The monoisotopic (exact) mass is 670 g/mol. The van der Waals surface area contributed by atoms with E-state index in [4.69, 9.17) is 28.8 Å². The number of aliphatic hydroxyl groups is 2. The van der Waals surface area contributed by atoms with Crippen LogP contribution in [0.3, 0.4) is 0 Å². The number of hydrogen-bond acceptors (Lipinski definition) is 16. The van der Waals surface area contributed by atoms with Crippen molar-refractivity contribution in [1.82, 2.24) is 0 Å². The average Bonchev–Trinajstić information content (AvgIpc) is 3.06. The molecule has 16 heteroatoms. The van der Waals surface area contributed by atoms with E-state index in [-0.39, 0.29) is 73.8 Å². The second kappa shape index (κ2) is 19.7. The zero-order chi connectivity index (χ0) is 34.7. The van der Waals surface area contributed by atoms with E-state index in [1.807, 2.05) is 0 Å². The molecule has 0 amide bonds. The average molecular weight is 671 g/mol. The molecule has 0 aromatic heterocycles. The minimum Gasteiger partial charge on any atom is -0.504 e. The molecule has 0 aliphatic rings. The summed E-state index contributed by atoms with van der Waals surface area (Å²) < 4.78 is 10.7. The highest BCUT2D eigenvalue weighted by Crippen LogP contribution is 2.31. The minimum absolute atomic E-state index is 0.0106. The number of phenolic OH excluding ortho intramolecular Hbond substituents is 4. The summed E-state index contributed by atoms with van der Waals surface area (Å²) in [5, 5.41) is 74.6. The van der Waals surface area contributed by atoms with Crippen LogP contribution in [-0.4, -0.2) is 107 Å². The number of hydrogen-bond donors (Lipinski definition) is 6. The number of aromatic hydroxyl groups is 4. The van der Waals surface area contributed by atoms with Gasteiger partial charge in [-0.05, 0) is 50.2 Å². The Balaban J connectivity index is 1.35. The van der Waals surface area contributed by atoms with Crippen LogP contribution in [0.15, 0.2) is 69.2 Å². The molecule has 3 aromatic carbocycles. The minimum atomic E-state index is -0.688. The third kappa shape index (κ3) is 12.2. The highest BCUT2D eigenvalue weighted by Gasteiger charge is 2.11. The topological polar surface area (TPSA) is 226 Å². The molecule has 2 atom stereocenters. The van der Waals surface area contributed by atoms with Crippen molar-refractivity contribution in [1.29, 1.82) is 0 Å². The van der Waals surface area contributed by atoms with Crippen LogP contribution >= 0.6 is 0 Å². The van der Waals surface area contributed by atoms with Gasteiger partial charge in [0, 0.05) is 22.3 Å². The van der Waals surface area contributed by atoms with Gasteiger partial charge in [0.1, 0.15) is 13.2 Å². The van der Waals surface area contributed by atoms with Crippen molar-refractivity contribution in [2.24, 2.45) is 20.6 Å². The molecular formula is C32H38N4O12. The molecule has 0 spiro atoms. The number of ether oxygens (including phenoxy) is 2. The van der Waals surface area contributed by atoms with Crippen LogP contribution in [0.4, 0.5) is 0 Å². The Morgan fingerprint density at radius 2 is 0.812 bits per heavy atom. The van der Waals surface area contributed by atoms with Gasteiger partial charge in [0.2, 0.25) is 0 Å².